The number of rotatable bonds is 7. The van der Waals surface area contributed by atoms with E-state index in [1.807, 2.05) is 19.9 Å². The van der Waals surface area contributed by atoms with Gasteiger partial charge in [-0.15, -0.1) is 0 Å². The normalized spacial score (nSPS) is 12.2. The summed E-state index contributed by atoms with van der Waals surface area (Å²) in [6, 6.07) is 1.87. The lowest BCUT2D eigenvalue weighted by atomic mass is 10.2. The first-order valence-electron chi connectivity index (χ1n) is 6.48. The van der Waals surface area contributed by atoms with Crippen LogP contribution < -0.4 is 10.1 Å². The highest BCUT2D eigenvalue weighted by Crippen LogP contribution is 2.16. The Labute approximate surface area is 104 Å². The van der Waals surface area contributed by atoms with Crippen molar-refractivity contribution in [3.05, 3.63) is 11.9 Å². The topological polar surface area (TPSA) is 47.0 Å². The molecule has 96 valence electrons. The molecular weight excluding hydrogens is 214 g/mol. The van der Waals surface area contributed by atoms with Crippen molar-refractivity contribution in [2.24, 2.45) is 0 Å². The number of hydrogen-bond acceptors (Lipinski definition) is 4. The summed E-state index contributed by atoms with van der Waals surface area (Å²) >= 11 is 0. The minimum absolute atomic E-state index is 0.203. The van der Waals surface area contributed by atoms with Crippen molar-refractivity contribution in [1.29, 1.82) is 0 Å². The molecule has 0 aliphatic heterocycles. The van der Waals surface area contributed by atoms with Crippen molar-refractivity contribution in [2.75, 3.05) is 11.9 Å². The summed E-state index contributed by atoms with van der Waals surface area (Å²) in [5.41, 5.74) is 0. The van der Waals surface area contributed by atoms with Gasteiger partial charge < -0.3 is 10.1 Å². The molecule has 4 nitrogen and oxygen atoms in total. The predicted octanol–water partition coefficient (Wildman–Crippen LogP) is 3.04. The SMILES string of the molecule is CCCC(C)Oc1cc(NCC)nc(CC)n1. The molecule has 1 aromatic heterocycles. The molecule has 1 aromatic rings. The van der Waals surface area contributed by atoms with Crippen LogP contribution in [0.2, 0.25) is 0 Å². The van der Waals surface area contributed by atoms with Gasteiger partial charge in [-0.25, -0.2) is 4.98 Å². The standard InChI is InChI=1S/C13H23N3O/c1-5-8-10(4)17-13-9-12(14-7-3)15-11(6-2)16-13/h9-10H,5-8H2,1-4H3,(H,14,15,16). The Kier molecular flexibility index (Phi) is 5.73. The van der Waals surface area contributed by atoms with Crippen LogP contribution in [-0.2, 0) is 6.42 Å². The van der Waals surface area contributed by atoms with E-state index in [1.165, 1.54) is 0 Å². The summed E-state index contributed by atoms with van der Waals surface area (Å²) in [4.78, 5) is 8.78. The summed E-state index contributed by atoms with van der Waals surface area (Å²) in [5, 5.41) is 3.20. The maximum atomic E-state index is 5.79. The van der Waals surface area contributed by atoms with Gasteiger partial charge in [0.15, 0.2) is 0 Å². The average Bonchev–Trinajstić information content (AvgIpc) is 2.29. The molecule has 0 fully saturated rings. The van der Waals surface area contributed by atoms with Crippen LogP contribution in [-0.4, -0.2) is 22.6 Å². The third kappa shape index (κ3) is 4.59. The molecule has 0 aliphatic carbocycles. The second kappa shape index (κ2) is 7.09. The van der Waals surface area contributed by atoms with Crippen molar-refractivity contribution in [3.8, 4) is 5.88 Å². The first kappa shape index (κ1) is 13.7. The van der Waals surface area contributed by atoms with E-state index >= 15 is 0 Å². The van der Waals surface area contributed by atoms with E-state index in [-0.39, 0.29) is 6.10 Å². The van der Waals surface area contributed by atoms with Crippen LogP contribution in [0, 0.1) is 0 Å². The Morgan fingerprint density at radius 2 is 2.06 bits per heavy atom. The lowest BCUT2D eigenvalue weighted by Crippen LogP contribution is -2.13. The summed E-state index contributed by atoms with van der Waals surface area (Å²) in [5.74, 6) is 2.34. The van der Waals surface area contributed by atoms with Crippen molar-refractivity contribution >= 4 is 5.82 Å². The molecule has 1 rings (SSSR count). The van der Waals surface area contributed by atoms with Crippen molar-refractivity contribution < 1.29 is 4.74 Å². The van der Waals surface area contributed by atoms with E-state index in [2.05, 4.69) is 29.1 Å². The molecular formula is C13H23N3O. The van der Waals surface area contributed by atoms with Crippen LogP contribution in [0.3, 0.4) is 0 Å². The van der Waals surface area contributed by atoms with Gasteiger partial charge in [0.2, 0.25) is 5.88 Å². The van der Waals surface area contributed by atoms with E-state index in [0.29, 0.717) is 5.88 Å². The average molecular weight is 237 g/mol. The zero-order chi connectivity index (χ0) is 12.7. The number of aryl methyl sites for hydroxylation is 1. The first-order valence-corrected chi connectivity index (χ1v) is 6.48. The zero-order valence-electron chi connectivity index (χ0n) is 11.3. The fraction of sp³-hybridized carbons (Fsp3) is 0.692. The van der Waals surface area contributed by atoms with E-state index in [4.69, 9.17) is 4.74 Å². The van der Waals surface area contributed by atoms with Crippen LogP contribution in [0.4, 0.5) is 5.82 Å². The molecule has 0 spiro atoms. The van der Waals surface area contributed by atoms with Crippen LogP contribution >= 0.6 is 0 Å². The van der Waals surface area contributed by atoms with E-state index in [1.54, 1.807) is 0 Å². The summed E-state index contributed by atoms with van der Waals surface area (Å²) in [6.07, 6.45) is 3.18. The maximum Gasteiger partial charge on any atom is 0.218 e. The third-order valence-corrected chi connectivity index (χ3v) is 2.44. The van der Waals surface area contributed by atoms with Gasteiger partial charge in [0.05, 0.1) is 6.10 Å². The van der Waals surface area contributed by atoms with Gasteiger partial charge in [-0.2, -0.15) is 4.98 Å². The molecule has 0 aromatic carbocycles. The molecule has 1 unspecified atom stereocenters. The molecule has 1 heterocycles. The monoisotopic (exact) mass is 237 g/mol. The second-order valence-electron chi connectivity index (χ2n) is 4.11. The lowest BCUT2D eigenvalue weighted by Gasteiger charge is -2.14. The zero-order valence-corrected chi connectivity index (χ0v) is 11.3. The highest BCUT2D eigenvalue weighted by molar-refractivity contribution is 5.38. The van der Waals surface area contributed by atoms with E-state index in [9.17, 15) is 0 Å². The summed E-state index contributed by atoms with van der Waals surface area (Å²) < 4.78 is 5.79. The Hall–Kier alpha value is -1.32. The van der Waals surface area contributed by atoms with Crippen molar-refractivity contribution in [3.63, 3.8) is 0 Å². The largest absolute Gasteiger partial charge is 0.475 e. The van der Waals surface area contributed by atoms with Crippen molar-refractivity contribution in [2.45, 2.75) is 53.1 Å². The summed E-state index contributed by atoms with van der Waals surface area (Å²) in [6.45, 7) is 9.17. The molecule has 4 heteroatoms. The van der Waals surface area contributed by atoms with Gasteiger partial charge >= 0.3 is 0 Å². The van der Waals surface area contributed by atoms with Gasteiger partial charge in [-0.3, -0.25) is 0 Å². The van der Waals surface area contributed by atoms with E-state index < -0.39 is 0 Å². The number of ether oxygens (including phenoxy) is 1. The molecule has 1 N–H and O–H groups in total. The van der Waals surface area contributed by atoms with Gasteiger partial charge in [0.25, 0.3) is 0 Å². The van der Waals surface area contributed by atoms with Crippen LogP contribution in [0.5, 0.6) is 5.88 Å². The lowest BCUT2D eigenvalue weighted by molar-refractivity contribution is 0.201. The summed E-state index contributed by atoms with van der Waals surface area (Å²) in [7, 11) is 0. The van der Waals surface area contributed by atoms with Gasteiger partial charge in [-0.05, 0) is 20.3 Å². The van der Waals surface area contributed by atoms with Gasteiger partial charge in [-0.1, -0.05) is 20.3 Å². The number of anilines is 1. The first-order chi connectivity index (χ1) is 8.19. The Balaban J connectivity index is 2.79. The smallest absolute Gasteiger partial charge is 0.218 e. The molecule has 17 heavy (non-hydrogen) atoms. The molecule has 1 atom stereocenters. The molecule has 0 amide bonds. The minimum atomic E-state index is 0.203. The van der Waals surface area contributed by atoms with Gasteiger partial charge in [0.1, 0.15) is 11.6 Å². The molecule has 0 bridgehead atoms. The van der Waals surface area contributed by atoms with Crippen LogP contribution in [0.15, 0.2) is 6.07 Å². The van der Waals surface area contributed by atoms with Crippen molar-refractivity contribution in [1.82, 2.24) is 9.97 Å². The van der Waals surface area contributed by atoms with Gasteiger partial charge in [0, 0.05) is 19.0 Å². The van der Waals surface area contributed by atoms with E-state index in [0.717, 1.165) is 37.4 Å². The van der Waals surface area contributed by atoms with Crippen LogP contribution in [0.25, 0.3) is 0 Å². The molecule has 0 saturated heterocycles. The number of nitrogens with zero attached hydrogens (tertiary/aromatic N) is 2. The molecule has 0 saturated carbocycles. The quantitative estimate of drug-likeness (QED) is 0.791. The van der Waals surface area contributed by atoms with Crippen LogP contribution in [0.1, 0.15) is 46.4 Å². The Morgan fingerprint density at radius 1 is 1.29 bits per heavy atom. The number of hydrogen-bond donors (Lipinski definition) is 1. The Morgan fingerprint density at radius 3 is 2.65 bits per heavy atom. The minimum Gasteiger partial charge on any atom is -0.475 e. The second-order valence-corrected chi connectivity index (χ2v) is 4.11. The number of nitrogens with one attached hydrogen (secondary N) is 1. The fourth-order valence-electron chi connectivity index (χ4n) is 1.63. The molecule has 0 aliphatic rings. The third-order valence-electron chi connectivity index (χ3n) is 2.44. The predicted molar refractivity (Wildman–Crippen MR) is 70.6 cm³/mol. The number of aromatic nitrogens is 2. The maximum absolute atomic E-state index is 5.79. The highest BCUT2D eigenvalue weighted by Gasteiger charge is 2.07. The fourth-order valence-corrected chi connectivity index (χ4v) is 1.63. The molecule has 0 radical (unpaired) electrons. The highest BCUT2D eigenvalue weighted by atomic mass is 16.5. The Bertz CT molecular complexity index is 341.